The summed E-state index contributed by atoms with van der Waals surface area (Å²) in [5.41, 5.74) is 9.00. The zero-order valence-corrected chi connectivity index (χ0v) is 18.9. The fourth-order valence-corrected chi connectivity index (χ4v) is 3.85. The fraction of sp³-hybridized carbons (Fsp3) is 0.333. The van der Waals surface area contributed by atoms with Crippen LogP contribution in [0.25, 0.3) is 11.1 Å². The standard InChI is InChI=1S/C24H28FN7O/c1-5-29-23(15(2)25)17(4)33-22-10-18(14-32-24(22)19(11-26)13-30-32)21(12-27)16(3)31-20-6-8-28-9-7-20/h5,10,12-14,17,20,28H,1-2,6-9,27H2,3-4H3/b21-12+,29-23?,31-16?. The molecule has 0 spiro atoms. The number of aromatic nitrogens is 2. The summed E-state index contributed by atoms with van der Waals surface area (Å²) < 4.78 is 21.5. The Hall–Kier alpha value is -3.77. The third-order valence-electron chi connectivity index (χ3n) is 5.45. The van der Waals surface area contributed by atoms with Crippen LogP contribution in [-0.2, 0) is 0 Å². The summed E-state index contributed by atoms with van der Waals surface area (Å²) in [6.45, 7) is 12.3. The van der Waals surface area contributed by atoms with E-state index in [4.69, 9.17) is 15.5 Å². The topological polar surface area (TPSA) is 113 Å². The van der Waals surface area contributed by atoms with Gasteiger partial charge in [-0.1, -0.05) is 13.2 Å². The number of halogens is 1. The van der Waals surface area contributed by atoms with Gasteiger partial charge < -0.3 is 15.8 Å². The molecule has 8 nitrogen and oxygen atoms in total. The smallest absolute Gasteiger partial charge is 0.148 e. The van der Waals surface area contributed by atoms with Crippen LogP contribution < -0.4 is 15.8 Å². The minimum absolute atomic E-state index is 0.00446. The molecule has 0 saturated carbocycles. The molecular weight excluding hydrogens is 421 g/mol. The Balaban J connectivity index is 2.06. The molecule has 1 fully saturated rings. The summed E-state index contributed by atoms with van der Waals surface area (Å²) in [6, 6.07) is 4.09. The van der Waals surface area contributed by atoms with Crippen LogP contribution in [0.5, 0.6) is 5.75 Å². The summed E-state index contributed by atoms with van der Waals surface area (Å²) in [5, 5.41) is 17.2. The zero-order valence-electron chi connectivity index (χ0n) is 18.9. The van der Waals surface area contributed by atoms with Gasteiger partial charge in [0.2, 0.25) is 0 Å². The first kappa shape index (κ1) is 23.9. The molecule has 0 aromatic carbocycles. The summed E-state index contributed by atoms with van der Waals surface area (Å²) in [6.07, 6.45) is 7.06. The van der Waals surface area contributed by atoms with Crippen LogP contribution in [-0.4, -0.2) is 46.3 Å². The largest absolute Gasteiger partial charge is 0.482 e. The number of hydrogen-bond acceptors (Lipinski definition) is 7. The van der Waals surface area contributed by atoms with E-state index >= 15 is 0 Å². The van der Waals surface area contributed by atoms with Crippen LogP contribution in [0.4, 0.5) is 4.39 Å². The summed E-state index contributed by atoms with van der Waals surface area (Å²) in [4.78, 5) is 8.80. The maximum atomic E-state index is 13.9. The van der Waals surface area contributed by atoms with E-state index in [2.05, 4.69) is 34.6 Å². The van der Waals surface area contributed by atoms with Crippen LogP contribution in [0.2, 0.25) is 0 Å². The highest BCUT2D eigenvalue weighted by Gasteiger charge is 2.21. The number of nitriles is 1. The second-order valence-electron chi connectivity index (χ2n) is 7.69. The van der Waals surface area contributed by atoms with Crippen molar-refractivity contribution in [3.63, 3.8) is 0 Å². The van der Waals surface area contributed by atoms with Gasteiger partial charge in [0.1, 0.15) is 40.5 Å². The summed E-state index contributed by atoms with van der Waals surface area (Å²) >= 11 is 0. The number of allylic oxidation sites excluding steroid dienone is 1. The molecule has 1 unspecified atom stereocenters. The number of nitrogens with zero attached hydrogens (tertiary/aromatic N) is 5. The van der Waals surface area contributed by atoms with E-state index in [1.54, 1.807) is 23.7 Å². The highest BCUT2D eigenvalue weighted by Crippen LogP contribution is 2.30. The Labute approximate surface area is 192 Å². The number of pyridine rings is 1. The number of piperidine rings is 1. The minimum Gasteiger partial charge on any atom is -0.482 e. The molecule has 1 atom stereocenters. The normalized spacial score (nSPS) is 17.0. The molecule has 0 aliphatic carbocycles. The average Bonchev–Trinajstić information content (AvgIpc) is 3.21. The molecule has 3 N–H and O–H groups in total. The molecule has 0 amide bonds. The monoisotopic (exact) mass is 449 g/mol. The first-order chi connectivity index (χ1) is 15.9. The average molecular weight is 450 g/mol. The van der Waals surface area contributed by atoms with Crippen molar-refractivity contribution in [3.05, 3.63) is 61.0 Å². The van der Waals surface area contributed by atoms with Crippen molar-refractivity contribution in [1.82, 2.24) is 14.9 Å². The molecule has 2 aromatic heterocycles. The van der Waals surface area contributed by atoms with Crippen molar-refractivity contribution in [2.24, 2.45) is 15.7 Å². The number of hydrogen-bond donors (Lipinski definition) is 2. The van der Waals surface area contributed by atoms with Gasteiger partial charge >= 0.3 is 0 Å². The molecule has 1 saturated heterocycles. The van der Waals surface area contributed by atoms with E-state index in [0.717, 1.165) is 37.2 Å². The molecule has 1 aliphatic rings. The van der Waals surface area contributed by atoms with Crippen molar-refractivity contribution < 1.29 is 9.13 Å². The van der Waals surface area contributed by atoms with Gasteiger partial charge in [-0.3, -0.25) is 9.98 Å². The Kier molecular flexibility index (Phi) is 7.74. The maximum Gasteiger partial charge on any atom is 0.148 e. The molecular formula is C24H28FN7O. The number of nitrogens with one attached hydrogen (secondary N) is 1. The fourth-order valence-electron chi connectivity index (χ4n) is 3.85. The van der Waals surface area contributed by atoms with Crippen molar-refractivity contribution in [1.29, 1.82) is 5.26 Å². The first-order valence-electron chi connectivity index (χ1n) is 10.7. The van der Waals surface area contributed by atoms with Crippen LogP contribution in [0.15, 0.2) is 59.8 Å². The van der Waals surface area contributed by atoms with Gasteiger partial charge in [-0.05, 0) is 45.8 Å². The van der Waals surface area contributed by atoms with E-state index in [-0.39, 0.29) is 11.8 Å². The van der Waals surface area contributed by atoms with Crippen molar-refractivity contribution in [2.75, 3.05) is 13.1 Å². The van der Waals surface area contributed by atoms with Crippen molar-refractivity contribution in [2.45, 2.75) is 38.8 Å². The molecule has 33 heavy (non-hydrogen) atoms. The quantitative estimate of drug-likeness (QED) is 0.599. The Bertz CT molecular complexity index is 1180. The molecule has 172 valence electrons. The van der Waals surface area contributed by atoms with Crippen molar-refractivity contribution >= 4 is 22.5 Å². The van der Waals surface area contributed by atoms with E-state index < -0.39 is 11.9 Å². The minimum atomic E-state index is -0.796. The van der Waals surface area contributed by atoms with Gasteiger partial charge in [-0.15, -0.1) is 0 Å². The number of rotatable bonds is 8. The first-order valence-corrected chi connectivity index (χ1v) is 10.7. The van der Waals surface area contributed by atoms with Gasteiger partial charge in [-0.2, -0.15) is 10.4 Å². The third kappa shape index (κ3) is 5.35. The molecule has 9 heteroatoms. The third-order valence-corrected chi connectivity index (χ3v) is 5.45. The molecule has 3 heterocycles. The van der Waals surface area contributed by atoms with Crippen LogP contribution in [0, 0.1) is 11.3 Å². The number of aliphatic imine (C=N–C) groups is 2. The predicted octanol–water partition coefficient (Wildman–Crippen LogP) is 3.55. The SMILES string of the molecule is C=CN=C(C(=C)F)C(C)Oc1cc(/C(=C/N)C(C)=NC2CCNCC2)cn2ncc(C#N)c12. The van der Waals surface area contributed by atoms with Gasteiger partial charge in [-0.25, -0.2) is 8.91 Å². The number of fused-ring (bicyclic) bond motifs is 1. The molecule has 0 radical (unpaired) electrons. The van der Waals surface area contributed by atoms with Gasteiger partial charge in [0.25, 0.3) is 0 Å². The van der Waals surface area contributed by atoms with Crippen molar-refractivity contribution in [3.8, 4) is 11.8 Å². The maximum absolute atomic E-state index is 13.9. The predicted molar refractivity (Wildman–Crippen MR) is 129 cm³/mol. The molecule has 3 rings (SSSR count). The lowest BCUT2D eigenvalue weighted by molar-refractivity contribution is 0.287. The Morgan fingerprint density at radius 1 is 1.48 bits per heavy atom. The van der Waals surface area contributed by atoms with E-state index in [1.807, 2.05) is 6.92 Å². The van der Waals surface area contributed by atoms with Gasteiger partial charge in [0.15, 0.2) is 0 Å². The highest BCUT2D eigenvalue weighted by molar-refractivity contribution is 6.22. The van der Waals surface area contributed by atoms with Crippen LogP contribution in [0.1, 0.15) is 37.8 Å². The second-order valence-corrected chi connectivity index (χ2v) is 7.69. The highest BCUT2D eigenvalue weighted by atomic mass is 19.1. The zero-order chi connectivity index (χ0) is 24.0. The van der Waals surface area contributed by atoms with E-state index in [1.165, 1.54) is 18.6 Å². The molecule has 1 aliphatic heterocycles. The lowest BCUT2D eigenvalue weighted by Crippen LogP contribution is -2.30. The van der Waals surface area contributed by atoms with E-state index in [9.17, 15) is 9.65 Å². The van der Waals surface area contributed by atoms with Gasteiger partial charge in [0.05, 0.1) is 12.2 Å². The Morgan fingerprint density at radius 2 is 2.21 bits per heavy atom. The summed E-state index contributed by atoms with van der Waals surface area (Å²) in [7, 11) is 0. The second kappa shape index (κ2) is 10.7. The lowest BCUT2D eigenvalue weighted by atomic mass is 10.0. The van der Waals surface area contributed by atoms with Crippen LogP contribution >= 0.6 is 0 Å². The van der Waals surface area contributed by atoms with E-state index in [0.29, 0.717) is 22.4 Å². The molecule has 2 aromatic rings. The Morgan fingerprint density at radius 3 is 2.82 bits per heavy atom. The number of ether oxygens (including phenoxy) is 1. The van der Waals surface area contributed by atoms with Gasteiger partial charge in [0, 0.05) is 35.4 Å². The summed E-state index contributed by atoms with van der Waals surface area (Å²) in [5.74, 6) is -0.392. The number of nitrogens with two attached hydrogens (primary N) is 1. The molecule has 0 bridgehead atoms. The lowest BCUT2D eigenvalue weighted by Gasteiger charge is -2.21. The van der Waals surface area contributed by atoms with Crippen LogP contribution in [0.3, 0.4) is 0 Å².